The molecule has 0 saturated carbocycles. The monoisotopic (exact) mass is 262 g/mol. The van der Waals surface area contributed by atoms with Crippen LogP contribution in [0.25, 0.3) is 0 Å². The lowest BCUT2D eigenvalue weighted by Crippen LogP contribution is -2.12. The van der Waals surface area contributed by atoms with Crippen LogP contribution in [-0.2, 0) is 12.3 Å². The van der Waals surface area contributed by atoms with Crippen molar-refractivity contribution in [2.24, 2.45) is 0 Å². The fourth-order valence-corrected chi connectivity index (χ4v) is 2.53. The number of pyridine rings is 1. The van der Waals surface area contributed by atoms with Gasteiger partial charge in [-0.2, -0.15) is 0 Å². The molecule has 2 heterocycles. The van der Waals surface area contributed by atoms with Crippen LogP contribution >= 0.6 is 11.8 Å². The lowest BCUT2D eigenvalue weighted by Gasteiger charge is -2.07. The van der Waals surface area contributed by atoms with Gasteiger partial charge in [-0.15, -0.1) is 0 Å². The van der Waals surface area contributed by atoms with E-state index in [-0.39, 0.29) is 0 Å². The normalized spacial score (nSPS) is 10.8. The first-order valence-electron chi connectivity index (χ1n) is 6.11. The highest BCUT2D eigenvalue weighted by atomic mass is 32.2. The summed E-state index contributed by atoms with van der Waals surface area (Å²) in [5.74, 6) is 1.81. The van der Waals surface area contributed by atoms with Gasteiger partial charge in [0.05, 0.1) is 17.0 Å². The molecule has 18 heavy (non-hydrogen) atoms. The van der Waals surface area contributed by atoms with Gasteiger partial charge >= 0.3 is 0 Å². The van der Waals surface area contributed by atoms with Gasteiger partial charge in [0.15, 0.2) is 0 Å². The molecular weight excluding hydrogens is 244 g/mol. The number of rotatable bonds is 6. The quantitative estimate of drug-likeness (QED) is 0.810. The summed E-state index contributed by atoms with van der Waals surface area (Å²) >= 11 is 1.71. The smallest absolute Gasteiger partial charge is 0.114 e. The second-order valence-electron chi connectivity index (χ2n) is 4.11. The number of aryl methyl sites for hydroxylation is 1. The number of nitrogens with zero attached hydrogens (tertiary/aromatic N) is 1. The molecule has 2 aromatic heterocycles. The van der Waals surface area contributed by atoms with Crippen LogP contribution in [0.1, 0.15) is 23.8 Å². The standard InChI is InChI=1S/C14H18N2OS/c1-3-15-8-12-7-11(2)14(16-9-12)18-10-13-5-4-6-17-13/h4-7,9,15H,3,8,10H2,1-2H3. The summed E-state index contributed by atoms with van der Waals surface area (Å²) in [6, 6.07) is 6.09. The second-order valence-corrected chi connectivity index (χ2v) is 5.08. The highest BCUT2D eigenvalue weighted by Gasteiger charge is 2.04. The first kappa shape index (κ1) is 13.2. The van der Waals surface area contributed by atoms with Crippen LogP contribution in [0.3, 0.4) is 0 Å². The molecule has 0 radical (unpaired) electrons. The minimum Gasteiger partial charge on any atom is -0.468 e. The lowest BCUT2D eigenvalue weighted by atomic mass is 10.2. The predicted molar refractivity (Wildman–Crippen MR) is 74.6 cm³/mol. The first-order chi connectivity index (χ1) is 8.79. The molecule has 0 unspecified atom stereocenters. The number of hydrogen-bond donors (Lipinski definition) is 1. The second kappa shape index (κ2) is 6.61. The number of thioether (sulfide) groups is 1. The number of furan rings is 1. The summed E-state index contributed by atoms with van der Waals surface area (Å²) in [5.41, 5.74) is 2.46. The number of hydrogen-bond acceptors (Lipinski definition) is 4. The number of aromatic nitrogens is 1. The lowest BCUT2D eigenvalue weighted by molar-refractivity contribution is 0.530. The SMILES string of the molecule is CCNCc1cnc(SCc2ccco2)c(C)c1. The Labute approximate surface area is 112 Å². The molecule has 0 spiro atoms. The van der Waals surface area contributed by atoms with Crippen molar-refractivity contribution in [3.63, 3.8) is 0 Å². The summed E-state index contributed by atoms with van der Waals surface area (Å²) in [6.07, 6.45) is 3.65. The summed E-state index contributed by atoms with van der Waals surface area (Å²) in [4.78, 5) is 4.51. The number of nitrogens with one attached hydrogen (secondary N) is 1. The summed E-state index contributed by atoms with van der Waals surface area (Å²) in [5, 5.41) is 4.38. The molecule has 96 valence electrons. The van der Waals surface area contributed by atoms with E-state index in [4.69, 9.17) is 4.42 Å². The van der Waals surface area contributed by atoms with Crippen LogP contribution in [0.2, 0.25) is 0 Å². The highest BCUT2D eigenvalue weighted by Crippen LogP contribution is 2.24. The first-order valence-corrected chi connectivity index (χ1v) is 7.09. The maximum atomic E-state index is 5.31. The van der Waals surface area contributed by atoms with E-state index in [0.717, 1.165) is 29.6 Å². The van der Waals surface area contributed by atoms with Crippen molar-refractivity contribution >= 4 is 11.8 Å². The zero-order chi connectivity index (χ0) is 12.8. The zero-order valence-electron chi connectivity index (χ0n) is 10.8. The van der Waals surface area contributed by atoms with Crippen molar-refractivity contribution in [1.82, 2.24) is 10.3 Å². The topological polar surface area (TPSA) is 38.1 Å². The average molecular weight is 262 g/mol. The third-order valence-electron chi connectivity index (χ3n) is 2.60. The Morgan fingerprint density at radius 1 is 1.44 bits per heavy atom. The largest absolute Gasteiger partial charge is 0.468 e. The Kier molecular flexibility index (Phi) is 4.84. The van der Waals surface area contributed by atoms with E-state index in [9.17, 15) is 0 Å². The zero-order valence-corrected chi connectivity index (χ0v) is 11.6. The molecule has 2 rings (SSSR count). The van der Waals surface area contributed by atoms with Crippen LogP contribution < -0.4 is 5.32 Å². The van der Waals surface area contributed by atoms with Gasteiger partial charge in [0.1, 0.15) is 5.76 Å². The molecule has 0 aliphatic heterocycles. The molecule has 0 atom stereocenters. The van der Waals surface area contributed by atoms with Gasteiger partial charge in [-0.1, -0.05) is 24.8 Å². The molecule has 0 aliphatic rings. The van der Waals surface area contributed by atoms with E-state index >= 15 is 0 Å². The third kappa shape index (κ3) is 3.62. The Morgan fingerprint density at radius 3 is 3.00 bits per heavy atom. The van der Waals surface area contributed by atoms with Crippen LogP contribution in [0, 0.1) is 6.92 Å². The molecule has 4 heteroatoms. The van der Waals surface area contributed by atoms with Gasteiger partial charge in [0, 0.05) is 12.7 Å². The minimum atomic E-state index is 0.827. The van der Waals surface area contributed by atoms with Gasteiger partial charge in [-0.25, -0.2) is 4.98 Å². The van der Waals surface area contributed by atoms with Crippen LogP contribution in [0.4, 0.5) is 0 Å². The van der Waals surface area contributed by atoms with Crippen molar-refractivity contribution in [2.75, 3.05) is 6.54 Å². The van der Waals surface area contributed by atoms with Gasteiger partial charge in [0.2, 0.25) is 0 Å². The maximum Gasteiger partial charge on any atom is 0.114 e. The Balaban J connectivity index is 1.96. The fourth-order valence-electron chi connectivity index (χ4n) is 1.67. The molecule has 0 fully saturated rings. The third-order valence-corrected chi connectivity index (χ3v) is 3.73. The Hall–Kier alpha value is -1.26. The average Bonchev–Trinajstić information content (AvgIpc) is 2.88. The summed E-state index contributed by atoms with van der Waals surface area (Å²) in [6.45, 7) is 6.07. The highest BCUT2D eigenvalue weighted by molar-refractivity contribution is 7.98. The molecule has 0 bridgehead atoms. The molecular formula is C14H18N2OS. The van der Waals surface area contributed by atoms with Gasteiger partial charge in [-0.3, -0.25) is 0 Å². The van der Waals surface area contributed by atoms with Crippen LogP contribution in [0.15, 0.2) is 40.1 Å². The molecule has 1 N–H and O–H groups in total. The summed E-state index contributed by atoms with van der Waals surface area (Å²) in [7, 11) is 0. The Morgan fingerprint density at radius 2 is 2.33 bits per heavy atom. The minimum absolute atomic E-state index is 0.827. The van der Waals surface area contributed by atoms with Crippen molar-refractivity contribution < 1.29 is 4.42 Å². The van der Waals surface area contributed by atoms with E-state index in [1.54, 1.807) is 18.0 Å². The van der Waals surface area contributed by atoms with Crippen molar-refractivity contribution in [3.8, 4) is 0 Å². The van der Waals surface area contributed by atoms with E-state index in [0.29, 0.717) is 0 Å². The van der Waals surface area contributed by atoms with Gasteiger partial charge in [0.25, 0.3) is 0 Å². The molecule has 0 amide bonds. The van der Waals surface area contributed by atoms with Crippen LogP contribution in [0.5, 0.6) is 0 Å². The molecule has 0 saturated heterocycles. The summed E-state index contributed by atoms with van der Waals surface area (Å²) < 4.78 is 5.31. The van der Waals surface area contributed by atoms with Crippen molar-refractivity contribution in [2.45, 2.75) is 31.2 Å². The van der Waals surface area contributed by atoms with E-state index in [1.807, 2.05) is 18.3 Å². The van der Waals surface area contributed by atoms with Gasteiger partial charge in [-0.05, 0) is 36.7 Å². The van der Waals surface area contributed by atoms with E-state index in [2.05, 4.69) is 30.2 Å². The van der Waals surface area contributed by atoms with Crippen molar-refractivity contribution in [1.29, 1.82) is 0 Å². The molecule has 0 aromatic carbocycles. The van der Waals surface area contributed by atoms with Crippen molar-refractivity contribution in [3.05, 3.63) is 47.5 Å². The molecule has 0 aliphatic carbocycles. The molecule has 2 aromatic rings. The van der Waals surface area contributed by atoms with E-state index in [1.165, 1.54) is 11.1 Å². The Bertz CT molecular complexity index is 483. The predicted octanol–water partition coefficient (Wildman–Crippen LogP) is 3.38. The van der Waals surface area contributed by atoms with E-state index < -0.39 is 0 Å². The maximum absolute atomic E-state index is 5.31. The van der Waals surface area contributed by atoms with Gasteiger partial charge < -0.3 is 9.73 Å². The van der Waals surface area contributed by atoms with Crippen LogP contribution in [-0.4, -0.2) is 11.5 Å². The fraction of sp³-hybridized carbons (Fsp3) is 0.357. The molecule has 3 nitrogen and oxygen atoms in total.